The predicted octanol–water partition coefficient (Wildman–Crippen LogP) is 3.51. The smallest absolute Gasteiger partial charge is 0.123 e. The number of halogens is 1. The minimum Gasteiger partial charge on any atom is -0.309 e. The molecule has 1 saturated carbocycles. The van der Waals surface area contributed by atoms with E-state index in [4.69, 9.17) is 0 Å². The van der Waals surface area contributed by atoms with Gasteiger partial charge in [0.05, 0.1) is 0 Å². The maximum atomic E-state index is 13.0. The van der Waals surface area contributed by atoms with Gasteiger partial charge in [-0.1, -0.05) is 12.5 Å². The highest BCUT2D eigenvalue weighted by atomic mass is 32.2. The average molecular weight is 253 g/mol. The Morgan fingerprint density at radius 3 is 2.94 bits per heavy atom. The van der Waals surface area contributed by atoms with Crippen LogP contribution in [0.5, 0.6) is 0 Å². The molecule has 0 aliphatic heterocycles. The van der Waals surface area contributed by atoms with Crippen LogP contribution in [0.2, 0.25) is 0 Å². The molecule has 1 aliphatic rings. The van der Waals surface area contributed by atoms with E-state index in [1.165, 1.54) is 24.8 Å². The summed E-state index contributed by atoms with van der Waals surface area (Å²) in [7, 11) is 0. The Morgan fingerprint density at radius 2 is 2.24 bits per heavy atom. The molecule has 0 radical (unpaired) electrons. The highest BCUT2D eigenvalue weighted by Crippen LogP contribution is 2.28. The van der Waals surface area contributed by atoms with E-state index in [1.54, 1.807) is 12.1 Å². The molecule has 1 aromatic rings. The van der Waals surface area contributed by atoms with Gasteiger partial charge < -0.3 is 5.32 Å². The van der Waals surface area contributed by atoms with Gasteiger partial charge in [-0.3, -0.25) is 0 Å². The van der Waals surface area contributed by atoms with E-state index >= 15 is 0 Å². The molecular formula is C14H20FNS. The molecule has 0 saturated heterocycles. The second kappa shape index (κ2) is 5.87. The van der Waals surface area contributed by atoms with Crippen molar-refractivity contribution in [3.8, 4) is 0 Å². The number of hydrogen-bond donors (Lipinski definition) is 1. The quantitative estimate of drug-likeness (QED) is 0.881. The average Bonchev–Trinajstić information content (AvgIpc) is 2.75. The summed E-state index contributed by atoms with van der Waals surface area (Å²) in [6.07, 6.45) is 6.10. The summed E-state index contributed by atoms with van der Waals surface area (Å²) in [6.45, 7) is 2.83. The third-order valence-electron chi connectivity index (χ3n) is 3.61. The first-order valence-electron chi connectivity index (χ1n) is 6.22. The Morgan fingerprint density at radius 1 is 1.41 bits per heavy atom. The maximum Gasteiger partial charge on any atom is 0.123 e. The fourth-order valence-electron chi connectivity index (χ4n) is 2.54. The molecule has 1 aliphatic carbocycles. The minimum absolute atomic E-state index is 0.144. The number of hydrogen-bond acceptors (Lipinski definition) is 2. The highest BCUT2D eigenvalue weighted by molar-refractivity contribution is 7.99. The normalized spacial score (nSPS) is 24.2. The fourth-order valence-corrected chi connectivity index (χ4v) is 3.50. The molecule has 1 aromatic carbocycles. The van der Waals surface area contributed by atoms with E-state index in [0.717, 1.165) is 17.4 Å². The van der Waals surface area contributed by atoms with Crippen molar-refractivity contribution in [2.45, 2.75) is 44.0 Å². The van der Waals surface area contributed by atoms with Crippen molar-refractivity contribution in [3.05, 3.63) is 35.1 Å². The first kappa shape index (κ1) is 12.9. The van der Waals surface area contributed by atoms with Crippen LogP contribution in [0.3, 0.4) is 0 Å². The van der Waals surface area contributed by atoms with Gasteiger partial charge in [0.15, 0.2) is 0 Å². The maximum absolute atomic E-state index is 13.0. The number of rotatable bonds is 4. The molecule has 3 heteroatoms. The van der Waals surface area contributed by atoms with E-state index < -0.39 is 0 Å². The van der Waals surface area contributed by atoms with Crippen LogP contribution in [0.4, 0.5) is 4.39 Å². The Bertz CT molecular complexity index is 380. The summed E-state index contributed by atoms with van der Waals surface area (Å²) in [4.78, 5) is 0. The number of benzene rings is 1. The molecule has 1 fully saturated rings. The summed E-state index contributed by atoms with van der Waals surface area (Å²) in [5.41, 5.74) is 2.24. The zero-order valence-electron chi connectivity index (χ0n) is 10.5. The van der Waals surface area contributed by atoms with Crippen molar-refractivity contribution >= 4 is 11.8 Å². The van der Waals surface area contributed by atoms with Crippen molar-refractivity contribution in [2.75, 3.05) is 6.26 Å². The van der Waals surface area contributed by atoms with Gasteiger partial charge in [0.2, 0.25) is 0 Å². The summed E-state index contributed by atoms with van der Waals surface area (Å²) in [6, 6.07) is 5.66. The van der Waals surface area contributed by atoms with Crippen LogP contribution in [0.1, 0.15) is 30.4 Å². The van der Waals surface area contributed by atoms with E-state index in [2.05, 4.69) is 11.6 Å². The van der Waals surface area contributed by atoms with Crippen molar-refractivity contribution in [2.24, 2.45) is 0 Å². The highest BCUT2D eigenvalue weighted by Gasteiger charge is 2.25. The lowest BCUT2D eigenvalue weighted by atomic mass is 10.1. The standard InChI is InChI=1S/C14H20FNS/c1-10-8-12(15)7-6-11(10)9-16-13-4-3-5-14(13)17-2/h6-8,13-14,16H,3-5,9H2,1-2H3. The van der Waals surface area contributed by atoms with Gasteiger partial charge in [-0.15, -0.1) is 0 Å². The molecule has 1 N–H and O–H groups in total. The van der Waals surface area contributed by atoms with Crippen LogP contribution in [-0.2, 0) is 6.54 Å². The summed E-state index contributed by atoms with van der Waals surface area (Å²) in [5.74, 6) is -0.144. The summed E-state index contributed by atoms with van der Waals surface area (Å²) < 4.78 is 13.0. The van der Waals surface area contributed by atoms with Gasteiger partial charge in [-0.2, -0.15) is 11.8 Å². The van der Waals surface area contributed by atoms with Crippen LogP contribution >= 0.6 is 11.8 Å². The third-order valence-corrected chi connectivity index (χ3v) is 4.78. The molecule has 2 rings (SSSR count). The van der Waals surface area contributed by atoms with Crippen molar-refractivity contribution in [1.29, 1.82) is 0 Å². The Balaban J connectivity index is 1.93. The monoisotopic (exact) mass is 253 g/mol. The van der Waals surface area contributed by atoms with E-state index in [-0.39, 0.29) is 5.82 Å². The molecule has 0 bridgehead atoms. The minimum atomic E-state index is -0.144. The molecule has 0 aromatic heterocycles. The van der Waals surface area contributed by atoms with Gasteiger partial charge in [-0.25, -0.2) is 4.39 Å². The predicted molar refractivity (Wildman–Crippen MR) is 72.9 cm³/mol. The molecule has 2 atom stereocenters. The van der Waals surface area contributed by atoms with Gasteiger partial charge in [0.25, 0.3) is 0 Å². The van der Waals surface area contributed by atoms with Gasteiger partial charge >= 0.3 is 0 Å². The third kappa shape index (κ3) is 3.23. The second-order valence-electron chi connectivity index (χ2n) is 4.76. The Hall–Kier alpha value is -0.540. The molecule has 17 heavy (non-hydrogen) atoms. The SMILES string of the molecule is CSC1CCCC1NCc1ccc(F)cc1C. The summed E-state index contributed by atoms with van der Waals surface area (Å²) in [5, 5.41) is 4.36. The van der Waals surface area contributed by atoms with Crippen LogP contribution in [0, 0.1) is 12.7 Å². The first-order chi connectivity index (χ1) is 8.20. The largest absolute Gasteiger partial charge is 0.309 e. The lowest BCUT2D eigenvalue weighted by Crippen LogP contribution is -2.33. The van der Waals surface area contributed by atoms with E-state index in [0.29, 0.717) is 6.04 Å². The molecular weight excluding hydrogens is 233 g/mol. The topological polar surface area (TPSA) is 12.0 Å². The fraction of sp³-hybridized carbons (Fsp3) is 0.571. The summed E-state index contributed by atoms with van der Waals surface area (Å²) >= 11 is 1.96. The van der Waals surface area contributed by atoms with E-state index in [9.17, 15) is 4.39 Å². The second-order valence-corrected chi connectivity index (χ2v) is 5.84. The number of thioether (sulfide) groups is 1. The molecule has 1 nitrogen and oxygen atoms in total. The lowest BCUT2D eigenvalue weighted by Gasteiger charge is -2.19. The van der Waals surface area contributed by atoms with Crippen LogP contribution in [-0.4, -0.2) is 17.5 Å². The molecule has 0 amide bonds. The van der Waals surface area contributed by atoms with Gasteiger partial charge in [-0.05, 0) is 49.3 Å². The number of aryl methyl sites for hydroxylation is 1. The van der Waals surface area contributed by atoms with Crippen molar-refractivity contribution in [3.63, 3.8) is 0 Å². The Kier molecular flexibility index (Phi) is 4.46. The van der Waals surface area contributed by atoms with Gasteiger partial charge in [0, 0.05) is 17.8 Å². The number of nitrogens with one attached hydrogen (secondary N) is 1. The van der Waals surface area contributed by atoms with Crippen LogP contribution < -0.4 is 5.32 Å². The molecule has 94 valence electrons. The molecule has 2 unspecified atom stereocenters. The van der Waals surface area contributed by atoms with Crippen LogP contribution in [0.15, 0.2) is 18.2 Å². The zero-order chi connectivity index (χ0) is 12.3. The first-order valence-corrected chi connectivity index (χ1v) is 7.50. The van der Waals surface area contributed by atoms with Crippen molar-refractivity contribution in [1.82, 2.24) is 5.32 Å². The Labute approximate surface area is 107 Å². The van der Waals surface area contributed by atoms with E-state index in [1.807, 2.05) is 24.8 Å². The zero-order valence-corrected chi connectivity index (χ0v) is 11.3. The van der Waals surface area contributed by atoms with Gasteiger partial charge in [0.1, 0.15) is 5.82 Å². The van der Waals surface area contributed by atoms with Crippen LogP contribution in [0.25, 0.3) is 0 Å². The molecule has 0 spiro atoms. The molecule has 0 heterocycles. The van der Waals surface area contributed by atoms with Crippen molar-refractivity contribution < 1.29 is 4.39 Å². The lowest BCUT2D eigenvalue weighted by molar-refractivity contribution is 0.530.